The van der Waals surface area contributed by atoms with Crippen LogP contribution in [0.3, 0.4) is 0 Å². The van der Waals surface area contributed by atoms with E-state index in [1.165, 1.54) is 5.69 Å². The van der Waals surface area contributed by atoms with Gasteiger partial charge in [0.15, 0.2) is 5.75 Å². The molecule has 0 aromatic carbocycles. The highest BCUT2D eigenvalue weighted by molar-refractivity contribution is 5.29. The molecular weight excluding hydrogens is 238 g/mol. The maximum atomic E-state index is 5.50. The predicted molar refractivity (Wildman–Crippen MR) is 79.5 cm³/mol. The first-order valence-corrected chi connectivity index (χ1v) is 7.39. The Morgan fingerprint density at radius 2 is 2.00 bits per heavy atom. The maximum absolute atomic E-state index is 5.50. The molecule has 4 heteroatoms. The van der Waals surface area contributed by atoms with E-state index in [-0.39, 0.29) is 6.04 Å². The molecule has 0 spiro atoms. The van der Waals surface area contributed by atoms with Gasteiger partial charge in [0.1, 0.15) is 0 Å². The van der Waals surface area contributed by atoms with Crippen LogP contribution in [0.15, 0.2) is 6.20 Å². The molecule has 4 nitrogen and oxygen atoms in total. The Hall–Kier alpha value is -1.03. The molecule has 0 bridgehead atoms. The van der Waals surface area contributed by atoms with Crippen molar-refractivity contribution in [3.63, 3.8) is 0 Å². The Labute approximate surface area is 117 Å². The zero-order chi connectivity index (χ0) is 14.4. The Bertz CT molecular complexity index is 352. The summed E-state index contributed by atoms with van der Waals surface area (Å²) in [5, 5.41) is 8.09. The minimum absolute atomic E-state index is 0.289. The van der Waals surface area contributed by atoms with Gasteiger partial charge < -0.3 is 10.1 Å². The number of nitrogens with zero attached hydrogens (tertiary/aromatic N) is 2. The highest BCUT2D eigenvalue weighted by Crippen LogP contribution is 2.33. The van der Waals surface area contributed by atoms with E-state index in [1.54, 1.807) is 7.11 Å². The Morgan fingerprint density at radius 3 is 2.47 bits per heavy atom. The number of aromatic nitrogens is 2. The van der Waals surface area contributed by atoms with Crippen molar-refractivity contribution in [2.24, 2.45) is 11.8 Å². The first kappa shape index (κ1) is 16.0. The summed E-state index contributed by atoms with van der Waals surface area (Å²) in [5.41, 5.74) is 1.18. The summed E-state index contributed by atoms with van der Waals surface area (Å²) < 4.78 is 7.54. The van der Waals surface area contributed by atoms with Gasteiger partial charge in [-0.25, -0.2) is 0 Å². The number of ether oxygens (including phenoxy) is 1. The molecule has 0 amide bonds. The maximum Gasteiger partial charge on any atom is 0.161 e. The SMILES string of the molecule is CCCNC(c1c(OC)cnn1CC)C(C)C(C)C. The van der Waals surface area contributed by atoms with Gasteiger partial charge in [0.25, 0.3) is 0 Å². The topological polar surface area (TPSA) is 39.1 Å². The minimum Gasteiger partial charge on any atom is -0.493 e. The summed E-state index contributed by atoms with van der Waals surface area (Å²) >= 11 is 0. The molecule has 0 radical (unpaired) electrons. The molecule has 0 aliphatic rings. The highest BCUT2D eigenvalue weighted by atomic mass is 16.5. The van der Waals surface area contributed by atoms with E-state index < -0.39 is 0 Å². The molecule has 1 aromatic rings. The van der Waals surface area contributed by atoms with Crippen LogP contribution in [0.2, 0.25) is 0 Å². The van der Waals surface area contributed by atoms with Gasteiger partial charge in [0.05, 0.1) is 25.0 Å². The van der Waals surface area contributed by atoms with E-state index in [2.05, 4.69) is 45.0 Å². The summed E-state index contributed by atoms with van der Waals surface area (Å²) in [6, 6.07) is 0.289. The fourth-order valence-electron chi connectivity index (χ4n) is 2.32. The molecule has 1 N–H and O–H groups in total. The average molecular weight is 267 g/mol. The molecule has 19 heavy (non-hydrogen) atoms. The van der Waals surface area contributed by atoms with E-state index in [0.29, 0.717) is 11.8 Å². The van der Waals surface area contributed by atoms with E-state index in [4.69, 9.17) is 4.74 Å². The van der Waals surface area contributed by atoms with Gasteiger partial charge in [-0.2, -0.15) is 5.10 Å². The van der Waals surface area contributed by atoms with Gasteiger partial charge in [0.2, 0.25) is 0 Å². The van der Waals surface area contributed by atoms with Gasteiger partial charge in [-0.05, 0) is 31.7 Å². The normalized spacial score (nSPS) is 14.7. The molecule has 0 aliphatic heterocycles. The highest BCUT2D eigenvalue weighted by Gasteiger charge is 2.27. The lowest BCUT2D eigenvalue weighted by atomic mass is 9.88. The van der Waals surface area contributed by atoms with Crippen molar-refractivity contribution in [2.75, 3.05) is 13.7 Å². The third-order valence-corrected chi connectivity index (χ3v) is 3.85. The Balaban J connectivity index is 3.11. The molecule has 0 aliphatic carbocycles. The molecule has 2 atom stereocenters. The van der Waals surface area contributed by atoms with Crippen LogP contribution >= 0.6 is 0 Å². The molecule has 1 heterocycles. The Morgan fingerprint density at radius 1 is 1.32 bits per heavy atom. The first-order chi connectivity index (χ1) is 9.06. The lowest BCUT2D eigenvalue weighted by Crippen LogP contribution is -2.32. The molecular formula is C15H29N3O. The lowest BCUT2D eigenvalue weighted by molar-refractivity contribution is 0.281. The molecule has 1 aromatic heterocycles. The number of rotatable bonds is 8. The lowest BCUT2D eigenvalue weighted by Gasteiger charge is -2.29. The minimum atomic E-state index is 0.289. The number of aryl methyl sites for hydroxylation is 1. The fraction of sp³-hybridized carbons (Fsp3) is 0.800. The second kappa shape index (κ2) is 7.53. The predicted octanol–water partition coefficient (Wildman–Crippen LogP) is 3.24. The van der Waals surface area contributed by atoms with Crippen molar-refractivity contribution in [1.82, 2.24) is 15.1 Å². The van der Waals surface area contributed by atoms with Gasteiger partial charge in [0, 0.05) is 6.54 Å². The van der Waals surface area contributed by atoms with Crippen LogP contribution in [0.4, 0.5) is 0 Å². The molecule has 110 valence electrons. The van der Waals surface area contributed by atoms with Crippen molar-refractivity contribution in [1.29, 1.82) is 0 Å². The summed E-state index contributed by atoms with van der Waals surface area (Å²) in [6.07, 6.45) is 2.95. The summed E-state index contributed by atoms with van der Waals surface area (Å²) in [6.45, 7) is 13.0. The average Bonchev–Trinajstić information content (AvgIpc) is 2.81. The van der Waals surface area contributed by atoms with E-state index in [1.807, 2.05) is 10.9 Å². The molecule has 0 saturated heterocycles. The zero-order valence-corrected chi connectivity index (χ0v) is 13.2. The van der Waals surface area contributed by atoms with Crippen molar-refractivity contribution >= 4 is 0 Å². The van der Waals surface area contributed by atoms with Crippen molar-refractivity contribution in [2.45, 2.75) is 53.6 Å². The number of methoxy groups -OCH3 is 1. The smallest absolute Gasteiger partial charge is 0.161 e. The van der Waals surface area contributed by atoms with E-state index in [9.17, 15) is 0 Å². The largest absolute Gasteiger partial charge is 0.493 e. The molecule has 2 unspecified atom stereocenters. The second-order valence-corrected chi connectivity index (χ2v) is 5.45. The molecule has 0 saturated carbocycles. The van der Waals surface area contributed by atoms with Gasteiger partial charge in [-0.3, -0.25) is 4.68 Å². The third-order valence-electron chi connectivity index (χ3n) is 3.85. The van der Waals surface area contributed by atoms with E-state index in [0.717, 1.165) is 25.3 Å². The van der Waals surface area contributed by atoms with Crippen LogP contribution in [-0.2, 0) is 6.54 Å². The fourth-order valence-corrected chi connectivity index (χ4v) is 2.32. The Kier molecular flexibility index (Phi) is 6.35. The van der Waals surface area contributed by atoms with Gasteiger partial charge >= 0.3 is 0 Å². The van der Waals surface area contributed by atoms with Crippen LogP contribution in [0.1, 0.15) is 52.8 Å². The van der Waals surface area contributed by atoms with Crippen molar-refractivity contribution < 1.29 is 4.74 Å². The third kappa shape index (κ3) is 3.72. The van der Waals surface area contributed by atoms with Crippen LogP contribution < -0.4 is 10.1 Å². The van der Waals surface area contributed by atoms with Gasteiger partial charge in [-0.1, -0.05) is 27.7 Å². The standard InChI is InChI=1S/C15H29N3O/c1-7-9-16-14(12(5)11(3)4)15-13(19-6)10-17-18(15)8-2/h10-12,14,16H,7-9H2,1-6H3. The van der Waals surface area contributed by atoms with Gasteiger partial charge in [-0.15, -0.1) is 0 Å². The van der Waals surface area contributed by atoms with Crippen LogP contribution in [0.5, 0.6) is 5.75 Å². The second-order valence-electron chi connectivity index (χ2n) is 5.45. The monoisotopic (exact) mass is 267 g/mol. The van der Waals surface area contributed by atoms with Crippen LogP contribution in [0.25, 0.3) is 0 Å². The molecule has 1 rings (SSSR count). The number of hydrogen-bond donors (Lipinski definition) is 1. The summed E-state index contributed by atoms with van der Waals surface area (Å²) in [5.74, 6) is 2.03. The van der Waals surface area contributed by atoms with E-state index >= 15 is 0 Å². The van der Waals surface area contributed by atoms with Crippen molar-refractivity contribution in [3.05, 3.63) is 11.9 Å². The van der Waals surface area contributed by atoms with Crippen molar-refractivity contribution in [3.8, 4) is 5.75 Å². The summed E-state index contributed by atoms with van der Waals surface area (Å²) in [4.78, 5) is 0. The van der Waals surface area contributed by atoms with Crippen LogP contribution in [0, 0.1) is 11.8 Å². The molecule has 0 fully saturated rings. The summed E-state index contributed by atoms with van der Waals surface area (Å²) in [7, 11) is 1.72. The quantitative estimate of drug-likeness (QED) is 0.786. The zero-order valence-electron chi connectivity index (χ0n) is 13.2. The number of nitrogens with one attached hydrogen (secondary N) is 1. The first-order valence-electron chi connectivity index (χ1n) is 7.39. The van der Waals surface area contributed by atoms with Crippen LogP contribution in [-0.4, -0.2) is 23.4 Å². The number of hydrogen-bond acceptors (Lipinski definition) is 3.